The normalized spacial score (nSPS) is 11.0. The molecule has 2 rings (SSSR count). The Kier molecular flexibility index (Phi) is 7.67. The second-order valence-electron chi connectivity index (χ2n) is 6.43. The largest absolute Gasteiger partial charge is 0.495 e. The molecule has 0 fully saturated rings. The van der Waals surface area contributed by atoms with Crippen LogP contribution in [0, 0.1) is 5.92 Å². The number of thioether (sulfide) groups is 1. The first-order valence-corrected chi connectivity index (χ1v) is 9.88. The van der Waals surface area contributed by atoms with E-state index in [0.717, 1.165) is 0 Å². The van der Waals surface area contributed by atoms with Gasteiger partial charge >= 0.3 is 0 Å². The molecule has 0 saturated carbocycles. The molecule has 1 aromatic heterocycles. The van der Waals surface area contributed by atoms with Crippen LogP contribution in [0.15, 0.2) is 23.4 Å². The van der Waals surface area contributed by atoms with Gasteiger partial charge in [-0.1, -0.05) is 37.2 Å². The monoisotopic (exact) mass is 410 g/mol. The van der Waals surface area contributed by atoms with Crippen molar-refractivity contribution in [2.75, 3.05) is 12.9 Å². The molecule has 7 nitrogen and oxygen atoms in total. The third kappa shape index (κ3) is 5.97. The lowest BCUT2D eigenvalue weighted by Gasteiger charge is -2.12. The number of nitrogens with two attached hydrogens (primary N) is 1. The molecule has 9 heteroatoms. The number of hydrogen-bond donors (Lipinski definition) is 1. The van der Waals surface area contributed by atoms with Crippen molar-refractivity contribution in [2.45, 2.75) is 38.4 Å². The van der Waals surface area contributed by atoms with E-state index in [1.807, 2.05) is 4.57 Å². The summed E-state index contributed by atoms with van der Waals surface area (Å²) < 4.78 is 7.05. The van der Waals surface area contributed by atoms with Crippen LogP contribution in [0.25, 0.3) is 0 Å². The van der Waals surface area contributed by atoms with Crippen molar-refractivity contribution in [2.24, 2.45) is 11.7 Å². The number of carbonyl (C=O) groups excluding carboxylic acids is 2. The molecule has 0 aliphatic rings. The second kappa shape index (κ2) is 9.75. The highest BCUT2D eigenvalue weighted by molar-refractivity contribution is 7.99. The number of benzene rings is 1. The maximum atomic E-state index is 12.5. The fourth-order valence-corrected chi connectivity index (χ4v) is 3.57. The van der Waals surface area contributed by atoms with E-state index in [1.54, 1.807) is 18.2 Å². The Hall–Kier alpha value is -2.06. The Balaban J connectivity index is 2.10. The highest BCUT2D eigenvalue weighted by atomic mass is 35.5. The number of ketones is 1. The molecule has 1 aromatic carbocycles. The molecule has 0 spiro atoms. The number of methoxy groups -OCH3 is 1. The topological polar surface area (TPSA) is 100 Å². The van der Waals surface area contributed by atoms with Crippen LogP contribution in [-0.4, -0.2) is 39.3 Å². The third-order valence-electron chi connectivity index (χ3n) is 3.74. The maximum absolute atomic E-state index is 12.5. The molecular weight excluding hydrogens is 388 g/mol. The molecule has 0 saturated heterocycles. The number of ether oxygens (including phenoxy) is 1. The molecule has 0 atom stereocenters. The first-order valence-electron chi connectivity index (χ1n) is 8.51. The maximum Gasteiger partial charge on any atom is 0.217 e. The van der Waals surface area contributed by atoms with Crippen molar-refractivity contribution in [1.82, 2.24) is 14.8 Å². The van der Waals surface area contributed by atoms with Crippen LogP contribution in [-0.2, 0) is 17.8 Å². The molecule has 0 unspecified atom stereocenters. The van der Waals surface area contributed by atoms with E-state index >= 15 is 0 Å². The lowest BCUT2D eigenvalue weighted by molar-refractivity contribution is -0.118. The van der Waals surface area contributed by atoms with E-state index < -0.39 is 0 Å². The van der Waals surface area contributed by atoms with Gasteiger partial charge in [-0.25, -0.2) is 0 Å². The smallest absolute Gasteiger partial charge is 0.217 e. The highest BCUT2D eigenvalue weighted by Crippen LogP contribution is 2.26. The number of carbonyl (C=O) groups is 2. The molecule has 146 valence electrons. The van der Waals surface area contributed by atoms with Crippen molar-refractivity contribution < 1.29 is 14.3 Å². The number of aryl methyl sites for hydroxylation is 1. The van der Waals surface area contributed by atoms with Crippen LogP contribution in [0.2, 0.25) is 5.02 Å². The van der Waals surface area contributed by atoms with E-state index in [1.165, 1.54) is 18.9 Å². The molecule has 0 radical (unpaired) electrons. The Morgan fingerprint density at radius 2 is 2.07 bits per heavy atom. The van der Waals surface area contributed by atoms with E-state index in [-0.39, 0.29) is 23.9 Å². The lowest BCUT2D eigenvalue weighted by Crippen LogP contribution is -2.15. The van der Waals surface area contributed by atoms with Crippen LogP contribution in [0.5, 0.6) is 5.75 Å². The summed E-state index contributed by atoms with van der Waals surface area (Å²) in [5, 5.41) is 9.39. The zero-order chi connectivity index (χ0) is 20.0. The molecule has 0 bridgehead atoms. The van der Waals surface area contributed by atoms with Gasteiger partial charge in [0.25, 0.3) is 0 Å². The summed E-state index contributed by atoms with van der Waals surface area (Å²) in [4.78, 5) is 23.5. The number of amides is 1. The van der Waals surface area contributed by atoms with Gasteiger partial charge in [-0.15, -0.1) is 10.2 Å². The Morgan fingerprint density at radius 1 is 1.33 bits per heavy atom. The Labute approximate surface area is 167 Å². The molecule has 1 amide bonds. The van der Waals surface area contributed by atoms with Gasteiger partial charge in [0.1, 0.15) is 11.6 Å². The molecule has 27 heavy (non-hydrogen) atoms. The first-order chi connectivity index (χ1) is 12.8. The van der Waals surface area contributed by atoms with Crippen LogP contribution < -0.4 is 10.5 Å². The van der Waals surface area contributed by atoms with E-state index in [0.29, 0.717) is 46.2 Å². The molecule has 0 aliphatic carbocycles. The Morgan fingerprint density at radius 3 is 2.67 bits per heavy atom. The fraction of sp³-hybridized carbons (Fsp3) is 0.444. The van der Waals surface area contributed by atoms with E-state index in [2.05, 4.69) is 24.0 Å². The van der Waals surface area contributed by atoms with Crippen LogP contribution in [0.3, 0.4) is 0 Å². The van der Waals surface area contributed by atoms with Crippen LogP contribution in [0.4, 0.5) is 0 Å². The van der Waals surface area contributed by atoms with Gasteiger partial charge in [0.2, 0.25) is 5.91 Å². The summed E-state index contributed by atoms with van der Waals surface area (Å²) in [6.45, 7) is 4.86. The average molecular weight is 411 g/mol. The van der Waals surface area contributed by atoms with Gasteiger partial charge in [0.05, 0.1) is 17.9 Å². The number of primary amides is 1. The van der Waals surface area contributed by atoms with Crippen molar-refractivity contribution in [1.29, 1.82) is 0 Å². The molecule has 2 aromatic rings. The zero-order valence-corrected chi connectivity index (χ0v) is 17.1. The van der Waals surface area contributed by atoms with Crippen LogP contribution in [0.1, 0.15) is 36.5 Å². The SMILES string of the molecule is COc1ccc(C(=O)CSc2nnc(CCC(N)=O)n2CC(C)C)cc1Cl. The summed E-state index contributed by atoms with van der Waals surface area (Å²) in [5.41, 5.74) is 5.74. The standard InChI is InChI=1S/C18H23ClN4O3S/c1-11(2)9-23-17(7-6-16(20)25)21-22-18(23)27-10-14(24)12-4-5-15(26-3)13(19)8-12/h4-5,8,11H,6-7,9-10H2,1-3H3,(H2,20,25). The van der Waals surface area contributed by atoms with Gasteiger partial charge < -0.3 is 15.0 Å². The first kappa shape index (κ1) is 21.2. The summed E-state index contributed by atoms with van der Waals surface area (Å²) in [6.07, 6.45) is 0.641. The molecule has 2 N–H and O–H groups in total. The number of aromatic nitrogens is 3. The van der Waals surface area contributed by atoms with Gasteiger partial charge in [-0.3, -0.25) is 9.59 Å². The minimum atomic E-state index is -0.380. The van der Waals surface area contributed by atoms with Gasteiger partial charge in [0, 0.05) is 24.9 Å². The van der Waals surface area contributed by atoms with E-state index in [9.17, 15) is 9.59 Å². The summed E-state index contributed by atoms with van der Waals surface area (Å²) in [7, 11) is 1.52. The fourth-order valence-electron chi connectivity index (χ4n) is 2.45. The summed E-state index contributed by atoms with van der Waals surface area (Å²) in [5.74, 6) is 1.34. The van der Waals surface area contributed by atoms with Gasteiger partial charge in [-0.2, -0.15) is 0 Å². The minimum Gasteiger partial charge on any atom is -0.495 e. The second-order valence-corrected chi connectivity index (χ2v) is 7.78. The predicted molar refractivity (Wildman–Crippen MR) is 105 cm³/mol. The summed E-state index contributed by atoms with van der Waals surface area (Å²) in [6, 6.07) is 4.95. The quantitative estimate of drug-likeness (QED) is 0.477. The minimum absolute atomic E-state index is 0.0673. The number of halogens is 1. The molecule has 0 aliphatic heterocycles. The number of rotatable bonds is 10. The Bertz CT molecular complexity index is 823. The van der Waals surface area contributed by atoms with Crippen molar-refractivity contribution in [3.05, 3.63) is 34.6 Å². The van der Waals surface area contributed by atoms with Crippen molar-refractivity contribution in [3.63, 3.8) is 0 Å². The van der Waals surface area contributed by atoms with Gasteiger partial charge in [0.15, 0.2) is 10.9 Å². The van der Waals surface area contributed by atoms with Crippen molar-refractivity contribution >= 4 is 35.1 Å². The molecule has 1 heterocycles. The zero-order valence-electron chi connectivity index (χ0n) is 15.6. The van der Waals surface area contributed by atoms with E-state index in [4.69, 9.17) is 22.1 Å². The predicted octanol–water partition coefficient (Wildman–Crippen LogP) is 2.99. The van der Waals surface area contributed by atoms with Crippen molar-refractivity contribution in [3.8, 4) is 5.75 Å². The average Bonchev–Trinajstić information content (AvgIpc) is 2.98. The number of Topliss-reactive ketones (excluding diaryl/α,β-unsaturated/α-hetero) is 1. The van der Waals surface area contributed by atoms with Gasteiger partial charge in [-0.05, 0) is 24.1 Å². The number of hydrogen-bond acceptors (Lipinski definition) is 6. The molecular formula is C18H23ClN4O3S. The third-order valence-corrected chi connectivity index (χ3v) is 5.00. The summed E-state index contributed by atoms with van der Waals surface area (Å²) >= 11 is 7.40. The van der Waals surface area contributed by atoms with Crippen LogP contribution >= 0.6 is 23.4 Å². The number of nitrogens with zero attached hydrogens (tertiary/aromatic N) is 3. The highest BCUT2D eigenvalue weighted by Gasteiger charge is 2.17. The lowest BCUT2D eigenvalue weighted by atomic mass is 10.1.